The molecule has 4 rings (SSSR count). The van der Waals surface area contributed by atoms with Crippen LogP contribution in [0.3, 0.4) is 0 Å². The predicted molar refractivity (Wildman–Crippen MR) is 132 cm³/mol. The van der Waals surface area contributed by atoms with Crippen molar-refractivity contribution in [2.75, 3.05) is 13.2 Å². The van der Waals surface area contributed by atoms with E-state index >= 15 is 0 Å². The molecule has 0 atom stereocenters. The molecule has 8 heteroatoms. The van der Waals surface area contributed by atoms with E-state index in [9.17, 15) is 14.4 Å². The van der Waals surface area contributed by atoms with Crippen LogP contribution in [0.15, 0.2) is 77.7 Å². The van der Waals surface area contributed by atoms with E-state index in [0.717, 1.165) is 17.3 Å². The second kappa shape index (κ2) is 10.6. The Morgan fingerprint density at radius 1 is 0.971 bits per heavy atom. The number of amides is 2. The van der Waals surface area contributed by atoms with Gasteiger partial charge in [0.15, 0.2) is 0 Å². The number of benzene rings is 3. The zero-order valence-corrected chi connectivity index (χ0v) is 19.8. The molecular formula is C26H20ClNO5S. The maximum atomic E-state index is 12.7. The molecule has 0 unspecified atom stereocenters. The smallest absolute Gasteiger partial charge is 0.345 e. The first-order chi connectivity index (χ1) is 16.4. The molecule has 0 saturated carbocycles. The summed E-state index contributed by atoms with van der Waals surface area (Å²) in [7, 11) is 0. The largest absolute Gasteiger partial charge is 0.492 e. The van der Waals surface area contributed by atoms with Crippen LogP contribution in [0.25, 0.3) is 6.08 Å². The van der Waals surface area contributed by atoms with Gasteiger partial charge in [0.25, 0.3) is 11.1 Å². The summed E-state index contributed by atoms with van der Waals surface area (Å²) >= 11 is 6.91. The summed E-state index contributed by atoms with van der Waals surface area (Å²) in [6.07, 6.45) is 1.63. The van der Waals surface area contributed by atoms with E-state index in [4.69, 9.17) is 21.1 Å². The van der Waals surface area contributed by atoms with Crippen LogP contribution in [0, 0.1) is 6.92 Å². The van der Waals surface area contributed by atoms with Gasteiger partial charge in [0.1, 0.15) is 18.1 Å². The summed E-state index contributed by atoms with van der Waals surface area (Å²) in [4.78, 5) is 38.8. The van der Waals surface area contributed by atoms with Crippen LogP contribution < -0.4 is 9.47 Å². The van der Waals surface area contributed by atoms with E-state index in [1.54, 1.807) is 54.6 Å². The number of carbonyl (C=O) groups excluding carboxylic acids is 3. The second-order valence-corrected chi connectivity index (χ2v) is 8.83. The highest BCUT2D eigenvalue weighted by Crippen LogP contribution is 2.32. The van der Waals surface area contributed by atoms with E-state index in [-0.39, 0.29) is 29.9 Å². The van der Waals surface area contributed by atoms with Crippen molar-refractivity contribution < 1.29 is 23.9 Å². The molecule has 1 aliphatic rings. The number of carbonyl (C=O) groups is 3. The lowest BCUT2D eigenvalue weighted by atomic mass is 10.2. The molecule has 0 aromatic heterocycles. The van der Waals surface area contributed by atoms with Crippen molar-refractivity contribution >= 4 is 46.6 Å². The van der Waals surface area contributed by atoms with E-state index in [1.807, 2.05) is 31.2 Å². The minimum atomic E-state index is -0.563. The summed E-state index contributed by atoms with van der Waals surface area (Å²) < 4.78 is 11.0. The average molecular weight is 494 g/mol. The highest BCUT2D eigenvalue weighted by atomic mass is 35.5. The van der Waals surface area contributed by atoms with Gasteiger partial charge in [-0.25, -0.2) is 4.79 Å². The average Bonchev–Trinajstić information content (AvgIpc) is 3.09. The minimum absolute atomic E-state index is 0.160. The van der Waals surface area contributed by atoms with Gasteiger partial charge < -0.3 is 9.47 Å². The molecule has 172 valence electrons. The fourth-order valence-corrected chi connectivity index (χ4v) is 4.23. The number of imide groups is 1. The molecule has 0 aliphatic carbocycles. The van der Waals surface area contributed by atoms with Gasteiger partial charge in [0, 0.05) is 0 Å². The molecule has 0 N–H and O–H groups in total. The highest BCUT2D eigenvalue weighted by molar-refractivity contribution is 8.18. The standard InChI is InChI=1S/C26H20ClNO5S/c1-17-6-10-19(11-7-17)32-15-14-28-24(29)23(34-26(28)31)16-18-8-12-20(13-9-18)33-25(30)21-4-2-3-5-22(21)27/h2-13,16H,14-15H2,1H3/b23-16-. The number of esters is 1. The molecule has 0 radical (unpaired) electrons. The number of halogens is 1. The molecule has 1 aliphatic heterocycles. The molecule has 1 saturated heterocycles. The first-order valence-corrected chi connectivity index (χ1v) is 11.6. The van der Waals surface area contributed by atoms with Gasteiger partial charge in [0.2, 0.25) is 0 Å². The fourth-order valence-electron chi connectivity index (χ4n) is 3.15. The van der Waals surface area contributed by atoms with Crippen LogP contribution in [-0.4, -0.2) is 35.2 Å². The predicted octanol–water partition coefficient (Wildman–Crippen LogP) is 5.98. The van der Waals surface area contributed by atoms with Crippen LogP contribution in [0.2, 0.25) is 5.02 Å². The second-order valence-electron chi connectivity index (χ2n) is 7.43. The molecule has 0 bridgehead atoms. The Labute approximate surface area is 206 Å². The third-order valence-corrected chi connectivity index (χ3v) is 6.20. The Hall–Kier alpha value is -3.55. The number of rotatable bonds is 7. The van der Waals surface area contributed by atoms with Crippen molar-refractivity contribution in [1.29, 1.82) is 0 Å². The highest BCUT2D eigenvalue weighted by Gasteiger charge is 2.34. The molecular weight excluding hydrogens is 474 g/mol. The van der Waals surface area contributed by atoms with Crippen molar-refractivity contribution in [2.45, 2.75) is 6.92 Å². The Balaban J connectivity index is 1.35. The maximum absolute atomic E-state index is 12.7. The molecule has 3 aromatic rings. The van der Waals surface area contributed by atoms with Crippen LogP contribution in [-0.2, 0) is 4.79 Å². The SMILES string of the molecule is Cc1ccc(OCCN2C(=O)S/C(=C\c3ccc(OC(=O)c4ccccc4Cl)cc3)C2=O)cc1. The topological polar surface area (TPSA) is 72.9 Å². The number of thioether (sulfide) groups is 1. The van der Waals surface area contributed by atoms with E-state index in [1.165, 1.54) is 4.90 Å². The molecule has 34 heavy (non-hydrogen) atoms. The Morgan fingerprint density at radius 3 is 2.35 bits per heavy atom. The lowest BCUT2D eigenvalue weighted by Gasteiger charge is -2.13. The molecule has 2 amide bonds. The Morgan fingerprint density at radius 2 is 1.65 bits per heavy atom. The van der Waals surface area contributed by atoms with E-state index in [2.05, 4.69) is 0 Å². The first kappa shape index (κ1) is 23.6. The Kier molecular flexibility index (Phi) is 7.35. The van der Waals surface area contributed by atoms with Crippen LogP contribution >= 0.6 is 23.4 Å². The van der Waals surface area contributed by atoms with Gasteiger partial charge in [-0.2, -0.15) is 0 Å². The lowest BCUT2D eigenvalue weighted by Crippen LogP contribution is -2.32. The summed E-state index contributed by atoms with van der Waals surface area (Å²) in [6, 6.07) is 20.8. The normalized spacial score (nSPS) is 14.5. The fraction of sp³-hybridized carbons (Fsp3) is 0.115. The Bertz CT molecular complexity index is 1250. The molecule has 6 nitrogen and oxygen atoms in total. The third-order valence-electron chi connectivity index (χ3n) is 4.96. The van der Waals surface area contributed by atoms with Gasteiger partial charge in [-0.05, 0) is 66.7 Å². The molecule has 1 heterocycles. The zero-order chi connectivity index (χ0) is 24.1. The van der Waals surface area contributed by atoms with Crippen molar-refractivity contribution in [1.82, 2.24) is 4.90 Å². The summed E-state index contributed by atoms with van der Waals surface area (Å²) in [5, 5.41) is -0.0295. The zero-order valence-electron chi connectivity index (χ0n) is 18.2. The van der Waals surface area contributed by atoms with Gasteiger partial charge in [-0.3, -0.25) is 14.5 Å². The van der Waals surface area contributed by atoms with Crippen LogP contribution in [0.4, 0.5) is 4.79 Å². The summed E-state index contributed by atoms with van der Waals surface area (Å²) in [6.45, 7) is 2.35. The van der Waals surface area contributed by atoms with E-state index in [0.29, 0.717) is 27.0 Å². The monoisotopic (exact) mass is 493 g/mol. The first-order valence-electron chi connectivity index (χ1n) is 10.4. The van der Waals surface area contributed by atoms with Crippen molar-refractivity contribution in [2.24, 2.45) is 0 Å². The van der Waals surface area contributed by atoms with Gasteiger partial charge in [-0.1, -0.05) is 53.6 Å². The van der Waals surface area contributed by atoms with Crippen LogP contribution in [0.5, 0.6) is 11.5 Å². The van der Waals surface area contributed by atoms with E-state index < -0.39 is 5.97 Å². The maximum Gasteiger partial charge on any atom is 0.345 e. The van der Waals surface area contributed by atoms with Crippen molar-refractivity contribution in [3.05, 3.63) is 99.4 Å². The van der Waals surface area contributed by atoms with Crippen molar-refractivity contribution in [3.63, 3.8) is 0 Å². The minimum Gasteiger partial charge on any atom is -0.492 e. The summed E-state index contributed by atoms with van der Waals surface area (Å²) in [5.41, 5.74) is 2.09. The molecule has 3 aromatic carbocycles. The molecule has 1 fully saturated rings. The van der Waals surface area contributed by atoms with Crippen LogP contribution in [0.1, 0.15) is 21.5 Å². The lowest BCUT2D eigenvalue weighted by molar-refractivity contribution is -0.123. The molecule has 0 spiro atoms. The number of ether oxygens (including phenoxy) is 2. The number of hydrogen-bond acceptors (Lipinski definition) is 6. The third kappa shape index (κ3) is 5.68. The van der Waals surface area contributed by atoms with Gasteiger partial charge >= 0.3 is 5.97 Å². The van der Waals surface area contributed by atoms with Crippen molar-refractivity contribution in [3.8, 4) is 11.5 Å². The number of hydrogen-bond donors (Lipinski definition) is 0. The summed E-state index contributed by atoms with van der Waals surface area (Å²) in [5.74, 6) is 0.0934. The number of nitrogens with zero attached hydrogens (tertiary/aromatic N) is 1. The van der Waals surface area contributed by atoms with Gasteiger partial charge in [0.05, 0.1) is 22.0 Å². The van der Waals surface area contributed by atoms with Gasteiger partial charge in [-0.15, -0.1) is 0 Å². The quantitative estimate of drug-likeness (QED) is 0.229. The number of aryl methyl sites for hydroxylation is 1.